The minimum atomic E-state index is -0.537. The number of benzene rings is 1. The normalized spacial score (nSPS) is 15.8. The number of unbranched alkanes of at least 4 members (excludes halogenated alkanes) is 1. The lowest BCUT2D eigenvalue weighted by Crippen LogP contribution is -2.26. The highest BCUT2D eigenvalue weighted by Crippen LogP contribution is 2.33. The van der Waals surface area contributed by atoms with Crippen molar-refractivity contribution in [2.24, 2.45) is 0 Å². The molecule has 6 heteroatoms. The van der Waals surface area contributed by atoms with Gasteiger partial charge < -0.3 is 19.5 Å². The summed E-state index contributed by atoms with van der Waals surface area (Å²) in [6.45, 7) is 6.58. The number of hydrogen-bond donors (Lipinski definition) is 1. The van der Waals surface area contributed by atoms with Gasteiger partial charge in [-0.15, -0.1) is 0 Å². The Morgan fingerprint density at radius 2 is 2.04 bits per heavy atom. The van der Waals surface area contributed by atoms with Crippen molar-refractivity contribution in [1.82, 2.24) is 4.90 Å². The predicted octanol–water partition coefficient (Wildman–Crippen LogP) is 3.26. The fourth-order valence-corrected chi connectivity index (χ4v) is 2.87. The zero-order valence-corrected chi connectivity index (χ0v) is 15.7. The van der Waals surface area contributed by atoms with E-state index in [9.17, 15) is 14.7 Å². The van der Waals surface area contributed by atoms with Crippen molar-refractivity contribution in [2.75, 3.05) is 20.3 Å². The lowest BCUT2D eigenvalue weighted by Gasteiger charge is -2.17. The summed E-state index contributed by atoms with van der Waals surface area (Å²) in [5, 5.41) is 9.83. The van der Waals surface area contributed by atoms with E-state index in [2.05, 4.69) is 0 Å². The number of methoxy groups -OCH3 is 1. The van der Waals surface area contributed by atoms with Crippen LogP contribution < -0.4 is 4.74 Å². The summed E-state index contributed by atoms with van der Waals surface area (Å²) in [4.78, 5) is 26.7. The molecule has 6 nitrogen and oxygen atoms in total. The van der Waals surface area contributed by atoms with Gasteiger partial charge >= 0.3 is 5.97 Å². The summed E-state index contributed by atoms with van der Waals surface area (Å²) in [6, 6.07) is 4.80. The zero-order valence-electron chi connectivity index (χ0n) is 15.7. The van der Waals surface area contributed by atoms with Crippen LogP contribution in [-0.2, 0) is 14.3 Å². The molecule has 1 aliphatic heterocycles. The van der Waals surface area contributed by atoms with E-state index in [0.717, 1.165) is 12.8 Å². The molecule has 0 radical (unpaired) electrons. The number of amides is 1. The minimum Gasteiger partial charge on any atom is -0.504 e. The third-order valence-electron chi connectivity index (χ3n) is 4.23. The van der Waals surface area contributed by atoms with Gasteiger partial charge in [-0.2, -0.15) is 0 Å². The molecule has 0 aliphatic carbocycles. The maximum Gasteiger partial charge on any atom is 0.340 e. The van der Waals surface area contributed by atoms with Gasteiger partial charge in [0.25, 0.3) is 5.91 Å². The second-order valence-corrected chi connectivity index (χ2v) is 5.98. The number of hydrogen-bond acceptors (Lipinski definition) is 5. The summed E-state index contributed by atoms with van der Waals surface area (Å²) in [5.41, 5.74) is 1.82. The molecule has 1 amide bonds. The fraction of sp³-hybridized carbons (Fsp3) is 0.400. The number of ether oxygens (including phenoxy) is 2. The maximum absolute atomic E-state index is 12.9. The number of rotatable bonds is 7. The van der Waals surface area contributed by atoms with Crippen molar-refractivity contribution in [3.63, 3.8) is 0 Å². The van der Waals surface area contributed by atoms with E-state index in [1.165, 1.54) is 13.2 Å². The molecule has 2 rings (SSSR count). The number of carbonyl (C=O) groups excluding carboxylic acids is 2. The smallest absolute Gasteiger partial charge is 0.340 e. The van der Waals surface area contributed by atoms with E-state index in [4.69, 9.17) is 9.47 Å². The predicted molar refractivity (Wildman–Crippen MR) is 98.6 cm³/mol. The molecule has 0 saturated carbocycles. The third kappa shape index (κ3) is 3.90. The van der Waals surface area contributed by atoms with E-state index < -0.39 is 5.97 Å². The Morgan fingerprint density at radius 1 is 1.31 bits per heavy atom. The van der Waals surface area contributed by atoms with Gasteiger partial charge in [0, 0.05) is 12.2 Å². The topological polar surface area (TPSA) is 76.1 Å². The van der Waals surface area contributed by atoms with Crippen LogP contribution in [0.15, 0.2) is 35.0 Å². The molecule has 0 bridgehead atoms. The summed E-state index contributed by atoms with van der Waals surface area (Å²) >= 11 is 0. The molecule has 0 atom stereocenters. The molecule has 26 heavy (non-hydrogen) atoms. The van der Waals surface area contributed by atoms with E-state index in [1.54, 1.807) is 30.0 Å². The zero-order chi connectivity index (χ0) is 19.3. The van der Waals surface area contributed by atoms with Crippen LogP contribution in [0.5, 0.6) is 11.5 Å². The Morgan fingerprint density at radius 3 is 2.65 bits per heavy atom. The second kappa shape index (κ2) is 8.56. The summed E-state index contributed by atoms with van der Waals surface area (Å²) in [5.74, 6) is -0.404. The summed E-state index contributed by atoms with van der Waals surface area (Å²) in [6.07, 6.45) is 3.42. The average molecular weight is 359 g/mol. The molecule has 1 aliphatic rings. The van der Waals surface area contributed by atoms with Crippen molar-refractivity contribution >= 4 is 18.0 Å². The van der Waals surface area contributed by atoms with Crippen LogP contribution in [0.3, 0.4) is 0 Å². The van der Waals surface area contributed by atoms with Crippen LogP contribution in [0.1, 0.15) is 39.2 Å². The Bertz CT molecular complexity index is 763. The van der Waals surface area contributed by atoms with Crippen LogP contribution in [0.4, 0.5) is 0 Å². The number of allylic oxidation sites excluding steroid dienone is 1. The number of phenolic OH excluding ortho intramolecular Hbond substituents is 1. The molecular formula is C20H25NO5. The highest BCUT2D eigenvalue weighted by atomic mass is 16.5. The van der Waals surface area contributed by atoms with Gasteiger partial charge in [0.1, 0.15) is 0 Å². The minimum absolute atomic E-state index is 0.0243. The molecule has 1 aromatic rings. The Hall–Kier alpha value is -2.76. The lowest BCUT2D eigenvalue weighted by molar-refractivity contribution is -0.136. The number of carbonyl (C=O) groups is 2. The first-order valence-electron chi connectivity index (χ1n) is 8.73. The molecule has 140 valence electrons. The van der Waals surface area contributed by atoms with E-state index in [0.29, 0.717) is 35.7 Å². The number of aromatic hydroxyl groups is 1. The molecule has 0 saturated heterocycles. The first kappa shape index (κ1) is 19.6. The van der Waals surface area contributed by atoms with Gasteiger partial charge in [-0.3, -0.25) is 4.79 Å². The van der Waals surface area contributed by atoms with Crippen LogP contribution in [0, 0.1) is 0 Å². The second-order valence-electron chi connectivity index (χ2n) is 5.98. The van der Waals surface area contributed by atoms with Gasteiger partial charge in [0.15, 0.2) is 11.5 Å². The molecule has 1 heterocycles. The maximum atomic E-state index is 12.9. The highest BCUT2D eigenvalue weighted by Gasteiger charge is 2.36. The van der Waals surface area contributed by atoms with Crippen molar-refractivity contribution in [2.45, 2.75) is 33.6 Å². The highest BCUT2D eigenvalue weighted by molar-refractivity contribution is 6.16. The van der Waals surface area contributed by atoms with Crippen molar-refractivity contribution in [3.05, 3.63) is 40.6 Å². The van der Waals surface area contributed by atoms with Crippen LogP contribution in [0.2, 0.25) is 0 Å². The van der Waals surface area contributed by atoms with Crippen molar-refractivity contribution in [3.8, 4) is 11.5 Å². The Labute approximate surface area is 153 Å². The first-order chi connectivity index (χ1) is 12.4. The summed E-state index contributed by atoms with van der Waals surface area (Å²) < 4.78 is 10.3. The molecule has 1 aromatic carbocycles. The Kier molecular flexibility index (Phi) is 6.44. The lowest BCUT2D eigenvalue weighted by atomic mass is 10.0. The molecule has 0 fully saturated rings. The van der Waals surface area contributed by atoms with Gasteiger partial charge in [-0.25, -0.2) is 4.79 Å². The van der Waals surface area contributed by atoms with Crippen LogP contribution in [-0.4, -0.2) is 42.1 Å². The molecular weight excluding hydrogens is 334 g/mol. The van der Waals surface area contributed by atoms with Crippen LogP contribution >= 0.6 is 0 Å². The first-order valence-corrected chi connectivity index (χ1v) is 8.73. The average Bonchev–Trinajstić information content (AvgIpc) is 2.86. The standard InChI is InChI=1S/C20H25NO5/c1-5-7-10-21-13(3)18(20(24)25-4)15(19(21)23)11-14-8-9-16(22)17(12-14)26-6-2/h8-9,11-12,22H,5-7,10H2,1-4H3/b15-11-. The van der Waals surface area contributed by atoms with E-state index in [1.807, 2.05) is 13.8 Å². The third-order valence-corrected chi connectivity index (χ3v) is 4.23. The monoisotopic (exact) mass is 359 g/mol. The molecule has 1 N–H and O–H groups in total. The van der Waals surface area contributed by atoms with Gasteiger partial charge in [0.05, 0.1) is 24.9 Å². The van der Waals surface area contributed by atoms with Gasteiger partial charge in [-0.1, -0.05) is 19.4 Å². The fourth-order valence-electron chi connectivity index (χ4n) is 2.87. The van der Waals surface area contributed by atoms with Crippen LogP contribution in [0.25, 0.3) is 6.08 Å². The molecule has 0 spiro atoms. The molecule has 0 aromatic heterocycles. The van der Waals surface area contributed by atoms with E-state index >= 15 is 0 Å². The van der Waals surface area contributed by atoms with E-state index in [-0.39, 0.29) is 17.2 Å². The number of nitrogens with zero attached hydrogens (tertiary/aromatic N) is 1. The number of phenols is 1. The largest absolute Gasteiger partial charge is 0.504 e. The van der Waals surface area contributed by atoms with Crippen molar-refractivity contribution in [1.29, 1.82) is 0 Å². The molecule has 0 unspecified atom stereocenters. The van der Waals surface area contributed by atoms with Gasteiger partial charge in [-0.05, 0) is 44.0 Å². The SMILES string of the molecule is CCCCN1C(=O)/C(=C\c2ccc(O)c(OCC)c2)C(C(=O)OC)=C1C. The van der Waals surface area contributed by atoms with Gasteiger partial charge in [0.2, 0.25) is 0 Å². The summed E-state index contributed by atoms with van der Waals surface area (Å²) in [7, 11) is 1.30. The quantitative estimate of drug-likeness (QED) is 0.597. The Balaban J connectivity index is 2.48. The number of esters is 1. The van der Waals surface area contributed by atoms with Crippen molar-refractivity contribution < 1.29 is 24.2 Å².